The molecule has 2 N–H and O–H groups in total. The molecule has 0 aliphatic carbocycles. The molecular formula is C17H30ClN. The first-order valence-electron chi connectivity index (χ1n) is 7.35. The van der Waals surface area contributed by atoms with Crippen molar-refractivity contribution < 1.29 is 0 Å². The molecule has 0 spiro atoms. The molecule has 0 aromatic heterocycles. The third-order valence-electron chi connectivity index (χ3n) is 3.88. The Labute approximate surface area is 125 Å². The van der Waals surface area contributed by atoms with Crippen molar-refractivity contribution in [3.63, 3.8) is 0 Å². The third kappa shape index (κ3) is 5.97. The average molecular weight is 284 g/mol. The Balaban J connectivity index is 0.00000324. The van der Waals surface area contributed by atoms with Crippen molar-refractivity contribution >= 4 is 12.4 Å². The summed E-state index contributed by atoms with van der Waals surface area (Å²) in [4.78, 5) is 0. The highest BCUT2D eigenvalue weighted by Crippen LogP contribution is 2.22. The fraction of sp³-hybridized carbons (Fsp3) is 0.647. The van der Waals surface area contributed by atoms with Crippen molar-refractivity contribution in [1.29, 1.82) is 0 Å². The molecule has 1 nitrogen and oxygen atoms in total. The molecule has 0 heterocycles. The smallest absolute Gasteiger partial charge is 0.00457 e. The molecule has 110 valence electrons. The molecule has 1 aromatic rings. The molecule has 0 aliphatic heterocycles. The normalized spacial score (nSPS) is 12.1. The lowest BCUT2D eigenvalue weighted by Gasteiger charge is -2.18. The van der Waals surface area contributed by atoms with Crippen molar-refractivity contribution in [2.24, 2.45) is 11.7 Å². The molecule has 0 aliphatic rings. The van der Waals surface area contributed by atoms with Crippen molar-refractivity contribution in [2.75, 3.05) is 6.54 Å². The van der Waals surface area contributed by atoms with Crippen LogP contribution in [0.4, 0.5) is 0 Å². The lowest BCUT2D eigenvalue weighted by atomic mass is 9.88. The van der Waals surface area contributed by atoms with Crippen molar-refractivity contribution in [3.8, 4) is 0 Å². The number of rotatable bonds is 7. The van der Waals surface area contributed by atoms with E-state index in [1.54, 1.807) is 0 Å². The number of nitrogens with two attached hydrogens (primary N) is 1. The second kappa shape index (κ2) is 9.39. The molecule has 1 aromatic carbocycles. The third-order valence-corrected chi connectivity index (χ3v) is 3.88. The summed E-state index contributed by atoms with van der Waals surface area (Å²) in [6, 6.07) is 4.59. The summed E-state index contributed by atoms with van der Waals surface area (Å²) in [6.45, 7) is 9.71. The summed E-state index contributed by atoms with van der Waals surface area (Å²) in [6.07, 6.45) is 6.37. The summed E-state index contributed by atoms with van der Waals surface area (Å²) < 4.78 is 0. The van der Waals surface area contributed by atoms with Gasteiger partial charge >= 0.3 is 0 Å². The van der Waals surface area contributed by atoms with E-state index in [1.165, 1.54) is 47.9 Å². The topological polar surface area (TPSA) is 26.0 Å². The van der Waals surface area contributed by atoms with Crippen LogP contribution in [-0.2, 0) is 6.42 Å². The van der Waals surface area contributed by atoms with Crippen molar-refractivity contribution in [2.45, 2.75) is 59.8 Å². The minimum atomic E-state index is 0. The first-order valence-corrected chi connectivity index (χ1v) is 7.35. The highest BCUT2D eigenvalue weighted by molar-refractivity contribution is 5.85. The van der Waals surface area contributed by atoms with Gasteiger partial charge in [0.1, 0.15) is 0 Å². The maximum atomic E-state index is 5.93. The maximum Gasteiger partial charge on any atom is -0.00457 e. The fourth-order valence-electron chi connectivity index (χ4n) is 2.81. The Morgan fingerprint density at radius 3 is 2.11 bits per heavy atom. The van der Waals surface area contributed by atoms with Gasteiger partial charge in [0, 0.05) is 0 Å². The monoisotopic (exact) mass is 283 g/mol. The summed E-state index contributed by atoms with van der Waals surface area (Å²) >= 11 is 0. The van der Waals surface area contributed by atoms with Crippen molar-refractivity contribution in [3.05, 3.63) is 34.4 Å². The van der Waals surface area contributed by atoms with Gasteiger partial charge in [-0.1, -0.05) is 43.9 Å². The van der Waals surface area contributed by atoms with Gasteiger partial charge in [0.05, 0.1) is 0 Å². The van der Waals surface area contributed by atoms with Gasteiger partial charge in [0.15, 0.2) is 0 Å². The molecule has 1 atom stereocenters. The molecule has 0 bridgehead atoms. The van der Waals surface area contributed by atoms with E-state index in [0.717, 1.165) is 13.0 Å². The molecule has 0 radical (unpaired) electrons. The molecule has 0 saturated heterocycles. The van der Waals surface area contributed by atoms with Crippen LogP contribution in [0.25, 0.3) is 0 Å². The largest absolute Gasteiger partial charge is 0.330 e. The number of hydrogen-bond donors (Lipinski definition) is 1. The lowest BCUT2D eigenvalue weighted by molar-refractivity contribution is 0.463. The highest BCUT2D eigenvalue weighted by atomic mass is 35.5. The van der Waals surface area contributed by atoms with Crippen molar-refractivity contribution in [1.82, 2.24) is 0 Å². The number of benzene rings is 1. The summed E-state index contributed by atoms with van der Waals surface area (Å²) in [5.41, 5.74) is 11.7. The van der Waals surface area contributed by atoms with Crippen LogP contribution in [0.3, 0.4) is 0 Å². The van der Waals surface area contributed by atoms with Crippen LogP contribution in [0.2, 0.25) is 0 Å². The van der Waals surface area contributed by atoms with Crippen LogP contribution in [0.5, 0.6) is 0 Å². The Kier molecular flexibility index (Phi) is 9.12. The van der Waals surface area contributed by atoms with E-state index < -0.39 is 0 Å². The van der Waals surface area contributed by atoms with Gasteiger partial charge in [-0.2, -0.15) is 0 Å². The maximum absolute atomic E-state index is 5.93. The summed E-state index contributed by atoms with van der Waals surface area (Å²) in [7, 11) is 0. The molecule has 0 amide bonds. The Morgan fingerprint density at radius 1 is 1.05 bits per heavy atom. The first-order chi connectivity index (χ1) is 8.58. The van der Waals surface area contributed by atoms with E-state index in [9.17, 15) is 0 Å². The predicted octanol–water partition coefficient (Wildman–Crippen LogP) is 4.73. The predicted molar refractivity (Wildman–Crippen MR) is 88.3 cm³/mol. The van der Waals surface area contributed by atoms with Gasteiger partial charge in [-0.05, 0) is 62.8 Å². The zero-order valence-electron chi connectivity index (χ0n) is 13.0. The van der Waals surface area contributed by atoms with Gasteiger partial charge in [0.25, 0.3) is 0 Å². The lowest BCUT2D eigenvalue weighted by Crippen LogP contribution is -2.18. The zero-order chi connectivity index (χ0) is 13.5. The van der Waals surface area contributed by atoms with Gasteiger partial charge < -0.3 is 5.73 Å². The second-order valence-corrected chi connectivity index (χ2v) is 5.68. The average Bonchev–Trinajstić information content (AvgIpc) is 2.31. The molecule has 0 saturated carbocycles. The first kappa shape index (κ1) is 18.5. The van der Waals surface area contributed by atoms with Gasteiger partial charge in [-0.15, -0.1) is 12.4 Å². The zero-order valence-corrected chi connectivity index (χ0v) is 13.8. The van der Waals surface area contributed by atoms with E-state index in [-0.39, 0.29) is 12.4 Å². The van der Waals surface area contributed by atoms with Crippen LogP contribution in [-0.4, -0.2) is 6.54 Å². The Hall–Kier alpha value is -0.530. The second-order valence-electron chi connectivity index (χ2n) is 5.68. The van der Waals surface area contributed by atoms with Gasteiger partial charge in [0.2, 0.25) is 0 Å². The van der Waals surface area contributed by atoms with E-state index in [1.807, 2.05) is 0 Å². The molecule has 19 heavy (non-hydrogen) atoms. The number of aryl methyl sites for hydroxylation is 3. The van der Waals surface area contributed by atoms with Crippen LogP contribution >= 0.6 is 12.4 Å². The number of unbranched alkanes of at least 4 members (excludes halogenated alkanes) is 2. The summed E-state index contributed by atoms with van der Waals surface area (Å²) in [5.74, 6) is 0.650. The molecular weight excluding hydrogens is 254 g/mol. The fourth-order valence-corrected chi connectivity index (χ4v) is 2.81. The van der Waals surface area contributed by atoms with Crippen LogP contribution in [0.1, 0.15) is 54.9 Å². The van der Waals surface area contributed by atoms with E-state index >= 15 is 0 Å². The van der Waals surface area contributed by atoms with Gasteiger partial charge in [-0.3, -0.25) is 0 Å². The van der Waals surface area contributed by atoms with Gasteiger partial charge in [-0.25, -0.2) is 0 Å². The van der Waals surface area contributed by atoms with E-state index in [0.29, 0.717) is 5.92 Å². The van der Waals surface area contributed by atoms with Crippen LogP contribution in [0, 0.1) is 26.7 Å². The SMILES string of the molecule is CCCCCC(CN)Cc1c(C)cc(C)cc1C.Cl. The Bertz CT molecular complexity index is 351. The van der Waals surface area contributed by atoms with E-state index in [4.69, 9.17) is 5.73 Å². The quantitative estimate of drug-likeness (QED) is 0.719. The van der Waals surface area contributed by atoms with E-state index in [2.05, 4.69) is 39.8 Å². The number of halogens is 1. The minimum Gasteiger partial charge on any atom is -0.330 e. The Morgan fingerprint density at radius 2 is 1.63 bits per heavy atom. The minimum absolute atomic E-state index is 0. The molecule has 2 heteroatoms. The number of hydrogen-bond acceptors (Lipinski definition) is 1. The van der Waals surface area contributed by atoms with Crippen LogP contribution < -0.4 is 5.73 Å². The summed E-state index contributed by atoms with van der Waals surface area (Å²) in [5, 5.41) is 0. The molecule has 1 rings (SSSR count). The van der Waals surface area contributed by atoms with Crippen LogP contribution in [0.15, 0.2) is 12.1 Å². The molecule has 1 unspecified atom stereocenters. The molecule has 0 fully saturated rings. The highest BCUT2D eigenvalue weighted by Gasteiger charge is 2.11. The standard InChI is InChI=1S/C17H29N.ClH/c1-5-6-7-8-16(12-18)11-17-14(3)9-13(2)10-15(17)4;/h9-10,16H,5-8,11-12,18H2,1-4H3;1H.